The zero-order valence-corrected chi connectivity index (χ0v) is 10.2. The quantitative estimate of drug-likeness (QED) is 0.776. The van der Waals surface area contributed by atoms with E-state index >= 15 is 0 Å². The lowest BCUT2D eigenvalue weighted by Gasteiger charge is -2.02. The Bertz CT molecular complexity index is 757. The van der Waals surface area contributed by atoms with E-state index in [1.165, 1.54) is 6.07 Å². The molecule has 0 radical (unpaired) electrons. The van der Waals surface area contributed by atoms with E-state index in [0.717, 1.165) is 16.9 Å². The van der Waals surface area contributed by atoms with Crippen LogP contribution in [-0.4, -0.2) is 25.8 Å². The van der Waals surface area contributed by atoms with Crippen LogP contribution >= 0.6 is 0 Å². The van der Waals surface area contributed by atoms with Gasteiger partial charge in [0.1, 0.15) is 5.82 Å². The molecular formula is C13H11N3O3. The van der Waals surface area contributed by atoms with Gasteiger partial charge < -0.3 is 14.2 Å². The van der Waals surface area contributed by atoms with Gasteiger partial charge in [-0.15, -0.1) is 0 Å². The Kier molecular flexibility index (Phi) is 2.56. The molecule has 96 valence electrons. The zero-order chi connectivity index (χ0) is 13.4. The van der Waals surface area contributed by atoms with Crippen LogP contribution in [0.4, 0.5) is 0 Å². The van der Waals surface area contributed by atoms with Crippen molar-refractivity contribution < 1.29 is 14.4 Å². The predicted molar refractivity (Wildman–Crippen MR) is 67.0 cm³/mol. The largest absolute Gasteiger partial charge is 0.476 e. The molecule has 0 amide bonds. The average molecular weight is 257 g/mol. The minimum atomic E-state index is -1.10. The maximum absolute atomic E-state index is 10.8. The second kappa shape index (κ2) is 4.24. The predicted octanol–water partition coefficient (Wildman–Crippen LogP) is 2.08. The molecule has 2 aromatic heterocycles. The molecule has 6 nitrogen and oxygen atoms in total. The van der Waals surface area contributed by atoms with Gasteiger partial charge >= 0.3 is 5.97 Å². The van der Waals surface area contributed by atoms with Crippen LogP contribution in [0.3, 0.4) is 0 Å². The summed E-state index contributed by atoms with van der Waals surface area (Å²) in [6.07, 6.45) is 0. The van der Waals surface area contributed by atoms with E-state index in [4.69, 9.17) is 9.63 Å². The number of imidazole rings is 1. The van der Waals surface area contributed by atoms with E-state index in [2.05, 4.69) is 10.1 Å². The Labute approximate surface area is 108 Å². The van der Waals surface area contributed by atoms with Crippen molar-refractivity contribution >= 4 is 17.0 Å². The minimum Gasteiger partial charge on any atom is -0.476 e. The van der Waals surface area contributed by atoms with Crippen LogP contribution in [0.25, 0.3) is 11.0 Å². The molecule has 0 spiro atoms. The summed E-state index contributed by atoms with van der Waals surface area (Å²) < 4.78 is 6.98. The van der Waals surface area contributed by atoms with Crippen molar-refractivity contribution in [3.63, 3.8) is 0 Å². The number of carboxylic acids is 1. The van der Waals surface area contributed by atoms with Gasteiger partial charge in [0, 0.05) is 6.07 Å². The Morgan fingerprint density at radius 2 is 2.21 bits per heavy atom. The van der Waals surface area contributed by atoms with Crippen molar-refractivity contribution in [1.82, 2.24) is 14.7 Å². The second-order valence-corrected chi connectivity index (χ2v) is 4.22. The summed E-state index contributed by atoms with van der Waals surface area (Å²) in [5.74, 6) is 0.236. The molecule has 0 bridgehead atoms. The van der Waals surface area contributed by atoms with Gasteiger partial charge in [-0.1, -0.05) is 17.3 Å². The first-order valence-corrected chi connectivity index (χ1v) is 5.76. The Morgan fingerprint density at radius 3 is 2.95 bits per heavy atom. The summed E-state index contributed by atoms with van der Waals surface area (Å²) in [6, 6.07) is 9.18. The number of carbonyl (C=O) groups is 1. The SMILES string of the molecule is Cc1nc2ccccc2n1Cc1cc(C(=O)O)no1. The smallest absolute Gasteiger partial charge is 0.358 e. The van der Waals surface area contributed by atoms with Gasteiger partial charge in [-0.2, -0.15) is 0 Å². The van der Waals surface area contributed by atoms with E-state index in [0.29, 0.717) is 12.3 Å². The first kappa shape index (κ1) is 11.5. The van der Waals surface area contributed by atoms with E-state index in [1.807, 2.05) is 35.8 Å². The van der Waals surface area contributed by atoms with Crippen LogP contribution in [0.2, 0.25) is 0 Å². The van der Waals surface area contributed by atoms with E-state index in [1.54, 1.807) is 0 Å². The lowest BCUT2D eigenvalue weighted by Crippen LogP contribution is -2.01. The molecule has 0 saturated carbocycles. The molecule has 0 unspecified atom stereocenters. The van der Waals surface area contributed by atoms with Crippen LogP contribution in [0.15, 0.2) is 34.9 Å². The standard InChI is InChI=1S/C13H11N3O3/c1-8-14-10-4-2-3-5-12(10)16(8)7-9-6-11(13(17)18)15-19-9/h2-6H,7H2,1H3,(H,17,18). The maximum Gasteiger partial charge on any atom is 0.358 e. The van der Waals surface area contributed by atoms with Gasteiger partial charge in [-0.3, -0.25) is 0 Å². The number of benzene rings is 1. The van der Waals surface area contributed by atoms with Crippen LogP contribution < -0.4 is 0 Å². The Balaban J connectivity index is 2.00. The molecule has 2 heterocycles. The fourth-order valence-electron chi connectivity index (χ4n) is 2.04. The second-order valence-electron chi connectivity index (χ2n) is 4.22. The number of hydrogen-bond donors (Lipinski definition) is 1. The number of aryl methyl sites for hydroxylation is 1. The van der Waals surface area contributed by atoms with Crippen molar-refractivity contribution in [2.75, 3.05) is 0 Å². The molecule has 0 fully saturated rings. The Morgan fingerprint density at radius 1 is 1.42 bits per heavy atom. The number of hydrogen-bond acceptors (Lipinski definition) is 4. The summed E-state index contributed by atoms with van der Waals surface area (Å²) in [6.45, 7) is 2.31. The summed E-state index contributed by atoms with van der Waals surface area (Å²) >= 11 is 0. The third-order valence-corrected chi connectivity index (χ3v) is 2.94. The number of carboxylic acid groups (broad SMARTS) is 1. The van der Waals surface area contributed by atoms with Crippen molar-refractivity contribution in [3.8, 4) is 0 Å². The molecule has 3 rings (SSSR count). The van der Waals surface area contributed by atoms with E-state index in [9.17, 15) is 4.79 Å². The van der Waals surface area contributed by atoms with Gasteiger partial charge in [0.25, 0.3) is 0 Å². The van der Waals surface area contributed by atoms with Gasteiger partial charge in [0.15, 0.2) is 11.5 Å². The van der Waals surface area contributed by atoms with Crippen molar-refractivity contribution in [2.45, 2.75) is 13.5 Å². The highest BCUT2D eigenvalue weighted by Crippen LogP contribution is 2.17. The normalized spacial score (nSPS) is 11.0. The lowest BCUT2D eigenvalue weighted by molar-refractivity contribution is 0.0685. The molecule has 0 aliphatic carbocycles. The minimum absolute atomic E-state index is 0.0860. The fraction of sp³-hybridized carbons (Fsp3) is 0.154. The zero-order valence-electron chi connectivity index (χ0n) is 10.2. The molecule has 19 heavy (non-hydrogen) atoms. The molecular weight excluding hydrogens is 246 g/mol. The summed E-state index contributed by atoms with van der Waals surface area (Å²) in [5.41, 5.74) is 1.79. The summed E-state index contributed by atoms with van der Waals surface area (Å²) in [7, 11) is 0. The number of nitrogens with zero attached hydrogens (tertiary/aromatic N) is 3. The van der Waals surface area contributed by atoms with Gasteiger partial charge in [0.05, 0.1) is 17.6 Å². The highest BCUT2D eigenvalue weighted by Gasteiger charge is 2.13. The van der Waals surface area contributed by atoms with Gasteiger partial charge in [-0.05, 0) is 19.1 Å². The number of para-hydroxylation sites is 2. The molecule has 0 atom stereocenters. The van der Waals surface area contributed by atoms with Crippen LogP contribution in [-0.2, 0) is 6.54 Å². The van der Waals surface area contributed by atoms with E-state index < -0.39 is 5.97 Å². The van der Waals surface area contributed by atoms with Crippen LogP contribution in [0.5, 0.6) is 0 Å². The summed E-state index contributed by atoms with van der Waals surface area (Å²) in [5, 5.41) is 12.3. The molecule has 0 aliphatic heterocycles. The molecule has 1 N–H and O–H groups in total. The number of aromatic nitrogens is 3. The highest BCUT2D eigenvalue weighted by molar-refractivity contribution is 5.85. The van der Waals surface area contributed by atoms with Crippen LogP contribution in [0.1, 0.15) is 22.1 Å². The maximum atomic E-state index is 10.8. The average Bonchev–Trinajstić information content (AvgIpc) is 2.96. The third-order valence-electron chi connectivity index (χ3n) is 2.94. The summed E-state index contributed by atoms with van der Waals surface area (Å²) in [4.78, 5) is 15.2. The third kappa shape index (κ3) is 1.97. The molecule has 1 aromatic carbocycles. The fourth-order valence-corrected chi connectivity index (χ4v) is 2.04. The molecule has 3 aromatic rings. The lowest BCUT2D eigenvalue weighted by atomic mass is 10.3. The van der Waals surface area contributed by atoms with Gasteiger partial charge in [0.2, 0.25) is 0 Å². The van der Waals surface area contributed by atoms with Gasteiger partial charge in [-0.25, -0.2) is 9.78 Å². The topological polar surface area (TPSA) is 81.2 Å². The van der Waals surface area contributed by atoms with Crippen molar-refractivity contribution in [3.05, 3.63) is 47.6 Å². The monoisotopic (exact) mass is 257 g/mol. The first-order valence-electron chi connectivity index (χ1n) is 5.76. The molecule has 6 heteroatoms. The number of rotatable bonds is 3. The van der Waals surface area contributed by atoms with Crippen molar-refractivity contribution in [1.29, 1.82) is 0 Å². The number of aromatic carboxylic acids is 1. The van der Waals surface area contributed by atoms with Crippen molar-refractivity contribution in [2.24, 2.45) is 0 Å². The van der Waals surface area contributed by atoms with E-state index in [-0.39, 0.29) is 5.69 Å². The van der Waals surface area contributed by atoms with Crippen LogP contribution in [0, 0.1) is 6.92 Å². The number of fused-ring (bicyclic) bond motifs is 1. The molecule has 0 saturated heterocycles. The molecule has 0 aliphatic rings. The Hall–Kier alpha value is -2.63. The first-order chi connectivity index (χ1) is 9.15. The highest BCUT2D eigenvalue weighted by atomic mass is 16.5.